The number of carbonyl (C=O) groups is 2. The van der Waals surface area contributed by atoms with Crippen molar-refractivity contribution in [2.24, 2.45) is 28.6 Å². The van der Waals surface area contributed by atoms with Crippen LogP contribution in [-0.2, 0) is 19.1 Å². The number of hydrogen-bond acceptors (Lipinski definition) is 4. The van der Waals surface area contributed by atoms with Gasteiger partial charge in [-0.05, 0) is 88.4 Å². The molecule has 4 nitrogen and oxygen atoms in total. The van der Waals surface area contributed by atoms with Gasteiger partial charge in [0.25, 0.3) is 0 Å². The molecule has 0 amide bonds. The smallest absolute Gasteiger partial charge is 0.344 e. The van der Waals surface area contributed by atoms with Gasteiger partial charge in [0, 0.05) is 0 Å². The average molecular weight is 407 g/mol. The molecule has 0 aromatic carbocycles. The van der Waals surface area contributed by atoms with Gasteiger partial charge in [-0.2, -0.15) is 0 Å². The Morgan fingerprint density at radius 3 is 2.21 bits per heavy atom. The summed E-state index contributed by atoms with van der Waals surface area (Å²) in [6.45, 7) is 10.1. The minimum Gasteiger partial charge on any atom is -0.456 e. The van der Waals surface area contributed by atoms with Crippen molar-refractivity contribution in [3.63, 3.8) is 0 Å². The predicted octanol–water partition coefficient (Wildman–Crippen LogP) is 6.06. The minimum absolute atomic E-state index is 0.251. The van der Waals surface area contributed by atoms with E-state index in [9.17, 15) is 9.59 Å². The third kappa shape index (κ3) is 4.66. The van der Waals surface area contributed by atoms with Crippen LogP contribution in [0.1, 0.15) is 105 Å². The molecule has 4 fully saturated rings. The summed E-state index contributed by atoms with van der Waals surface area (Å²) in [6.07, 6.45) is 12.6. The van der Waals surface area contributed by atoms with Gasteiger partial charge in [-0.25, -0.2) is 4.79 Å². The SMILES string of the molecule is CCCCCCC1(OC(=O)COC(=O)C(C)(C)CC)C2CC3CC1CC(C)(C3)C2. The monoisotopic (exact) mass is 406 g/mol. The molecule has 0 aliphatic heterocycles. The first kappa shape index (κ1) is 22.6. The Kier molecular flexibility index (Phi) is 6.70. The maximum absolute atomic E-state index is 12.8. The minimum atomic E-state index is -0.560. The Labute approximate surface area is 177 Å². The molecule has 4 aliphatic carbocycles. The molecule has 4 aliphatic rings. The second-order valence-corrected chi connectivity index (χ2v) is 11.2. The van der Waals surface area contributed by atoms with Crippen molar-refractivity contribution in [3.05, 3.63) is 0 Å². The molecule has 4 heteroatoms. The van der Waals surface area contributed by atoms with E-state index >= 15 is 0 Å². The topological polar surface area (TPSA) is 52.6 Å². The molecule has 0 N–H and O–H groups in total. The van der Waals surface area contributed by atoms with Crippen molar-refractivity contribution in [3.8, 4) is 0 Å². The molecular formula is C25H42O4. The van der Waals surface area contributed by atoms with Crippen molar-refractivity contribution in [1.29, 1.82) is 0 Å². The van der Waals surface area contributed by atoms with E-state index in [0.717, 1.165) is 18.8 Å². The van der Waals surface area contributed by atoms with Gasteiger partial charge in [0.05, 0.1) is 5.41 Å². The molecule has 4 bridgehead atoms. The van der Waals surface area contributed by atoms with Gasteiger partial charge in [0.1, 0.15) is 5.60 Å². The Balaban J connectivity index is 1.68. The van der Waals surface area contributed by atoms with Gasteiger partial charge in [-0.3, -0.25) is 4.79 Å². The molecule has 0 saturated heterocycles. The van der Waals surface area contributed by atoms with E-state index < -0.39 is 5.41 Å². The van der Waals surface area contributed by atoms with Gasteiger partial charge in [0.15, 0.2) is 6.61 Å². The predicted molar refractivity (Wildman–Crippen MR) is 114 cm³/mol. The quantitative estimate of drug-likeness (QED) is 0.327. The lowest BCUT2D eigenvalue weighted by Crippen LogP contribution is -2.62. The Hall–Kier alpha value is -1.06. The molecule has 0 aromatic rings. The van der Waals surface area contributed by atoms with Crippen LogP contribution >= 0.6 is 0 Å². The summed E-state index contributed by atoms with van der Waals surface area (Å²) >= 11 is 0. The third-order valence-corrected chi connectivity index (χ3v) is 8.36. The van der Waals surface area contributed by atoms with Gasteiger partial charge >= 0.3 is 11.9 Å². The summed E-state index contributed by atoms with van der Waals surface area (Å²) in [5.41, 5.74) is -0.448. The highest BCUT2D eigenvalue weighted by Crippen LogP contribution is 2.65. The van der Waals surface area contributed by atoms with E-state index in [1.807, 2.05) is 20.8 Å². The van der Waals surface area contributed by atoms with Crippen LogP contribution in [0, 0.1) is 28.6 Å². The van der Waals surface area contributed by atoms with Crippen LogP contribution in [0.25, 0.3) is 0 Å². The molecule has 0 radical (unpaired) electrons. The number of carbonyl (C=O) groups excluding carboxylic acids is 2. The lowest BCUT2D eigenvalue weighted by molar-refractivity contribution is -0.228. The molecule has 2 atom stereocenters. The first-order chi connectivity index (χ1) is 13.6. The number of rotatable bonds is 10. The first-order valence-corrected chi connectivity index (χ1v) is 12.0. The molecular weight excluding hydrogens is 364 g/mol. The highest BCUT2D eigenvalue weighted by molar-refractivity contribution is 5.80. The molecule has 29 heavy (non-hydrogen) atoms. The molecule has 0 aromatic heterocycles. The van der Waals surface area contributed by atoms with E-state index in [4.69, 9.17) is 9.47 Å². The summed E-state index contributed by atoms with van der Waals surface area (Å²) in [4.78, 5) is 25.1. The maximum Gasteiger partial charge on any atom is 0.344 e. The zero-order chi connectivity index (χ0) is 21.3. The van der Waals surface area contributed by atoms with Crippen LogP contribution in [0.5, 0.6) is 0 Å². The molecule has 2 unspecified atom stereocenters. The zero-order valence-corrected chi connectivity index (χ0v) is 19.4. The van der Waals surface area contributed by atoms with E-state index in [2.05, 4.69) is 13.8 Å². The summed E-state index contributed by atoms with van der Waals surface area (Å²) in [5, 5.41) is 0. The lowest BCUT2D eigenvalue weighted by atomic mass is 9.44. The summed E-state index contributed by atoms with van der Waals surface area (Å²) in [6, 6.07) is 0. The highest BCUT2D eigenvalue weighted by Gasteiger charge is 2.62. The summed E-state index contributed by atoms with van der Waals surface area (Å²) < 4.78 is 11.7. The Morgan fingerprint density at radius 1 is 1.00 bits per heavy atom. The van der Waals surface area contributed by atoms with Gasteiger partial charge in [0.2, 0.25) is 0 Å². The Morgan fingerprint density at radius 2 is 1.66 bits per heavy atom. The van der Waals surface area contributed by atoms with Crippen LogP contribution in [0.3, 0.4) is 0 Å². The fourth-order valence-electron chi connectivity index (χ4n) is 6.61. The molecule has 0 spiro atoms. The number of esters is 2. The number of ether oxygens (including phenoxy) is 2. The van der Waals surface area contributed by atoms with Crippen molar-refractivity contribution in [2.45, 2.75) is 111 Å². The van der Waals surface area contributed by atoms with Gasteiger partial charge < -0.3 is 9.47 Å². The van der Waals surface area contributed by atoms with Crippen LogP contribution in [-0.4, -0.2) is 24.1 Å². The number of hydrogen-bond donors (Lipinski definition) is 0. The van der Waals surface area contributed by atoms with Crippen LogP contribution in [0.4, 0.5) is 0 Å². The zero-order valence-electron chi connectivity index (χ0n) is 19.4. The van der Waals surface area contributed by atoms with Crippen molar-refractivity contribution < 1.29 is 19.1 Å². The average Bonchev–Trinajstić information content (AvgIpc) is 2.65. The van der Waals surface area contributed by atoms with Crippen LogP contribution in [0.15, 0.2) is 0 Å². The summed E-state index contributed by atoms with van der Waals surface area (Å²) in [7, 11) is 0. The lowest BCUT2D eigenvalue weighted by Gasteiger charge is -2.64. The second-order valence-electron chi connectivity index (χ2n) is 11.2. The molecule has 4 rings (SSSR count). The number of unbranched alkanes of at least 4 members (excludes halogenated alkanes) is 3. The van der Waals surface area contributed by atoms with Gasteiger partial charge in [-0.15, -0.1) is 0 Å². The van der Waals surface area contributed by atoms with E-state index in [1.165, 1.54) is 51.4 Å². The van der Waals surface area contributed by atoms with E-state index in [1.54, 1.807) is 0 Å². The molecule has 166 valence electrons. The normalized spacial score (nSPS) is 35.6. The fraction of sp³-hybridized carbons (Fsp3) is 0.920. The maximum atomic E-state index is 12.8. The van der Waals surface area contributed by atoms with Gasteiger partial charge in [-0.1, -0.05) is 40.0 Å². The van der Waals surface area contributed by atoms with Crippen molar-refractivity contribution in [2.75, 3.05) is 6.61 Å². The van der Waals surface area contributed by atoms with Crippen LogP contribution in [0.2, 0.25) is 0 Å². The third-order valence-electron chi connectivity index (χ3n) is 8.36. The molecule has 0 heterocycles. The molecule has 4 saturated carbocycles. The fourth-order valence-corrected chi connectivity index (χ4v) is 6.61. The second kappa shape index (κ2) is 8.59. The first-order valence-electron chi connectivity index (χ1n) is 12.0. The van der Waals surface area contributed by atoms with E-state index in [-0.39, 0.29) is 24.1 Å². The Bertz CT molecular complexity index is 592. The van der Waals surface area contributed by atoms with Crippen LogP contribution < -0.4 is 0 Å². The van der Waals surface area contributed by atoms with Crippen molar-refractivity contribution in [1.82, 2.24) is 0 Å². The standard InChI is InChI=1S/C25H42O4/c1-6-8-9-10-11-25(29-21(26)17-28-22(27)23(3,4)7-2)19-12-18-13-20(25)16-24(5,14-18)15-19/h18-20H,6-17H2,1-5H3. The van der Waals surface area contributed by atoms with Crippen molar-refractivity contribution >= 4 is 11.9 Å². The highest BCUT2D eigenvalue weighted by atomic mass is 16.6. The summed E-state index contributed by atoms with van der Waals surface area (Å²) in [5.74, 6) is 1.10. The van der Waals surface area contributed by atoms with E-state index in [0.29, 0.717) is 23.7 Å². The largest absolute Gasteiger partial charge is 0.456 e.